The second-order valence-corrected chi connectivity index (χ2v) is 5.75. The van der Waals surface area contributed by atoms with Crippen LogP contribution in [0.5, 0.6) is 11.5 Å². The van der Waals surface area contributed by atoms with Crippen molar-refractivity contribution in [2.24, 2.45) is 5.92 Å². The van der Waals surface area contributed by atoms with E-state index < -0.39 is 0 Å². The Morgan fingerprint density at radius 3 is 2.90 bits per heavy atom. The first kappa shape index (κ1) is 16.4. The minimum Gasteiger partial charge on any atom is -0.497 e. The number of nitrogens with one attached hydrogen (secondary N) is 1. The Morgan fingerprint density at radius 2 is 2.14 bits per heavy atom. The van der Waals surface area contributed by atoms with Crippen LogP contribution in [0.1, 0.15) is 18.4 Å². The summed E-state index contributed by atoms with van der Waals surface area (Å²) in [7, 11) is 1.70. The van der Waals surface area contributed by atoms with Gasteiger partial charge in [-0.2, -0.15) is 0 Å². The van der Waals surface area contributed by atoms with E-state index in [4.69, 9.17) is 9.47 Å². The van der Waals surface area contributed by atoms with Crippen LogP contribution in [0.25, 0.3) is 0 Å². The molecule has 21 heavy (non-hydrogen) atoms. The van der Waals surface area contributed by atoms with E-state index in [0.29, 0.717) is 0 Å². The lowest BCUT2D eigenvalue weighted by molar-refractivity contribution is 0.181. The standard InChI is InChI=1S/C16H24N2O2.ClH/c1-19-15-3-2-14-12-18(8-9-20-16(14)10-15)11-13-4-6-17-7-5-13;/h2-3,10,13,17H,4-9,11-12H2,1H3;1H. The highest BCUT2D eigenvalue weighted by Crippen LogP contribution is 2.28. The molecule has 0 unspecified atom stereocenters. The normalized spacial score (nSPS) is 19.9. The maximum Gasteiger partial charge on any atom is 0.127 e. The zero-order valence-electron chi connectivity index (χ0n) is 12.6. The quantitative estimate of drug-likeness (QED) is 0.928. The van der Waals surface area contributed by atoms with E-state index in [2.05, 4.69) is 16.3 Å². The molecule has 0 saturated carbocycles. The number of hydrogen-bond acceptors (Lipinski definition) is 4. The highest BCUT2D eigenvalue weighted by atomic mass is 35.5. The van der Waals surface area contributed by atoms with Gasteiger partial charge >= 0.3 is 0 Å². The number of rotatable bonds is 3. The first-order valence-corrected chi connectivity index (χ1v) is 7.58. The van der Waals surface area contributed by atoms with E-state index in [-0.39, 0.29) is 12.4 Å². The number of nitrogens with zero attached hydrogens (tertiary/aromatic N) is 1. The molecule has 1 fully saturated rings. The third-order valence-electron chi connectivity index (χ3n) is 4.31. The molecule has 1 aromatic rings. The van der Waals surface area contributed by atoms with Gasteiger partial charge in [0.05, 0.1) is 7.11 Å². The van der Waals surface area contributed by atoms with Gasteiger partial charge in [-0.25, -0.2) is 0 Å². The summed E-state index contributed by atoms with van der Waals surface area (Å²) in [6.07, 6.45) is 2.60. The van der Waals surface area contributed by atoms with Crippen molar-refractivity contribution in [3.05, 3.63) is 23.8 Å². The van der Waals surface area contributed by atoms with Gasteiger partial charge in [0.1, 0.15) is 18.1 Å². The third-order valence-corrected chi connectivity index (χ3v) is 4.31. The second-order valence-electron chi connectivity index (χ2n) is 5.75. The molecule has 5 heteroatoms. The molecule has 2 aliphatic rings. The summed E-state index contributed by atoms with van der Waals surface area (Å²) in [4.78, 5) is 2.54. The summed E-state index contributed by atoms with van der Waals surface area (Å²) in [6, 6.07) is 6.16. The molecular formula is C16H25ClN2O2. The fourth-order valence-corrected chi connectivity index (χ4v) is 3.12. The van der Waals surface area contributed by atoms with Crippen LogP contribution in [0.4, 0.5) is 0 Å². The smallest absolute Gasteiger partial charge is 0.127 e. The van der Waals surface area contributed by atoms with Crippen molar-refractivity contribution in [1.29, 1.82) is 0 Å². The molecule has 1 saturated heterocycles. The van der Waals surface area contributed by atoms with Crippen LogP contribution in [0.15, 0.2) is 18.2 Å². The molecule has 0 atom stereocenters. The molecule has 0 spiro atoms. The Morgan fingerprint density at radius 1 is 1.33 bits per heavy atom. The van der Waals surface area contributed by atoms with Crippen LogP contribution in [0.3, 0.4) is 0 Å². The minimum atomic E-state index is 0. The molecule has 0 amide bonds. The van der Waals surface area contributed by atoms with E-state index in [1.54, 1.807) is 7.11 Å². The van der Waals surface area contributed by atoms with Gasteiger partial charge in [0.25, 0.3) is 0 Å². The summed E-state index contributed by atoms with van der Waals surface area (Å²) >= 11 is 0. The molecule has 2 heterocycles. The van der Waals surface area contributed by atoms with Gasteiger partial charge in [-0.05, 0) is 37.9 Å². The van der Waals surface area contributed by atoms with Crippen LogP contribution >= 0.6 is 12.4 Å². The molecule has 0 aliphatic carbocycles. The summed E-state index contributed by atoms with van der Waals surface area (Å²) in [6.45, 7) is 6.30. The average Bonchev–Trinajstić information content (AvgIpc) is 2.69. The highest BCUT2D eigenvalue weighted by molar-refractivity contribution is 5.85. The Bertz CT molecular complexity index is 450. The molecule has 1 N–H and O–H groups in total. The molecule has 0 aromatic heterocycles. The fraction of sp³-hybridized carbons (Fsp3) is 0.625. The van der Waals surface area contributed by atoms with Crippen molar-refractivity contribution in [2.45, 2.75) is 19.4 Å². The zero-order valence-corrected chi connectivity index (χ0v) is 13.5. The summed E-state index contributed by atoms with van der Waals surface area (Å²) in [5, 5.41) is 3.44. The number of fused-ring (bicyclic) bond motifs is 1. The van der Waals surface area contributed by atoms with Crippen LogP contribution in [-0.4, -0.2) is 44.8 Å². The van der Waals surface area contributed by atoms with Gasteiger partial charge < -0.3 is 14.8 Å². The molecule has 4 nitrogen and oxygen atoms in total. The van der Waals surface area contributed by atoms with Gasteiger partial charge in [-0.1, -0.05) is 6.07 Å². The number of halogens is 1. The number of piperidine rings is 1. The van der Waals surface area contributed by atoms with E-state index in [1.807, 2.05) is 12.1 Å². The fourth-order valence-electron chi connectivity index (χ4n) is 3.12. The SMILES string of the molecule is COc1ccc2c(c1)OCCN(CC1CCNCC1)C2.Cl. The largest absolute Gasteiger partial charge is 0.497 e. The molecule has 118 valence electrons. The van der Waals surface area contributed by atoms with Crippen molar-refractivity contribution < 1.29 is 9.47 Å². The van der Waals surface area contributed by atoms with Crippen LogP contribution in [0.2, 0.25) is 0 Å². The first-order valence-electron chi connectivity index (χ1n) is 7.58. The van der Waals surface area contributed by atoms with Gasteiger partial charge in [0, 0.05) is 31.3 Å². The van der Waals surface area contributed by atoms with Crippen molar-refractivity contribution >= 4 is 12.4 Å². The van der Waals surface area contributed by atoms with Gasteiger partial charge in [-0.15, -0.1) is 12.4 Å². The number of ether oxygens (including phenoxy) is 2. The van der Waals surface area contributed by atoms with E-state index in [1.165, 1.54) is 38.0 Å². The molecular weight excluding hydrogens is 288 g/mol. The highest BCUT2D eigenvalue weighted by Gasteiger charge is 2.20. The summed E-state index contributed by atoms with van der Waals surface area (Å²) < 4.78 is 11.1. The molecule has 0 radical (unpaired) electrons. The first-order chi connectivity index (χ1) is 9.85. The zero-order chi connectivity index (χ0) is 13.8. The van der Waals surface area contributed by atoms with E-state index >= 15 is 0 Å². The van der Waals surface area contributed by atoms with E-state index in [9.17, 15) is 0 Å². The Kier molecular flexibility index (Phi) is 6.15. The molecule has 3 rings (SSSR count). The van der Waals surface area contributed by atoms with Crippen LogP contribution in [0, 0.1) is 5.92 Å². The lowest BCUT2D eigenvalue weighted by Gasteiger charge is -2.28. The predicted molar refractivity (Wildman–Crippen MR) is 86.6 cm³/mol. The monoisotopic (exact) mass is 312 g/mol. The lowest BCUT2D eigenvalue weighted by Crippen LogP contribution is -2.36. The second kappa shape index (κ2) is 7.87. The lowest BCUT2D eigenvalue weighted by atomic mass is 9.97. The topological polar surface area (TPSA) is 33.7 Å². The van der Waals surface area contributed by atoms with Gasteiger partial charge in [0.15, 0.2) is 0 Å². The molecule has 0 bridgehead atoms. The summed E-state index contributed by atoms with van der Waals surface area (Å²) in [5.41, 5.74) is 1.28. The Balaban J connectivity index is 0.00000161. The minimum absolute atomic E-state index is 0. The van der Waals surface area contributed by atoms with Crippen LogP contribution in [-0.2, 0) is 6.54 Å². The van der Waals surface area contributed by atoms with Gasteiger partial charge in [-0.3, -0.25) is 4.90 Å². The average molecular weight is 313 g/mol. The Labute approximate surface area is 133 Å². The number of methoxy groups -OCH3 is 1. The van der Waals surface area contributed by atoms with E-state index in [0.717, 1.165) is 37.1 Å². The maximum atomic E-state index is 5.88. The van der Waals surface area contributed by atoms with Crippen molar-refractivity contribution in [3.8, 4) is 11.5 Å². The maximum absolute atomic E-state index is 5.88. The molecule has 1 aromatic carbocycles. The van der Waals surface area contributed by atoms with Crippen molar-refractivity contribution in [2.75, 3.05) is 39.9 Å². The predicted octanol–water partition coefficient (Wildman–Crippen LogP) is 2.31. The van der Waals surface area contributed by atoms with Crippen molar-refractivity contribution in [3.63, 3.8) is 0 Å². The number of benzene rings is 1. The summed E-state index contributed by atoms with van der Waals surface area (Å²) in [5.74, 6) is 2.68. The van der Waals surface area contributed by atoms with Crippen molar-refractivity contribution in [1.82, 2.24) is 10.2 Å². The number of hydrogen-bond donors (Lipinski definition) is 1. The third kappa shape index (κ3) is 4.25. The molecule has 2 aliphatic heterocycles. The van der Waals surface area contributed by atoms with Crippen LogP contribution < -0.4 is 14.8 Å². The Hall–Kier alpha value is -0.970. The van der Waals surface area contributed by atoms with Gasteiger partial charge in [0.2, 0.25) is 0 Å².